The lowest BCUT2D eigenvalue weighted by atomic mass is 9.97. The first-order valence-electron chi connectivity index (χ1n) is 6.54. The first kappa shape index (κ1) is 14.3. The zero-order chi connectivity index (χ0) is 14.5. The molecule has 0 aliphatic rings. The molecule has 0 aliphatic heterocycles. The van der Waals surface area contributed by atoms with Gasteiger partial charge >= 0.3 is 5.97 Å². The van der Waals surface area contributed by atoms with E-state index in [-0.39, 0.29) is 6.61 Å². The van der Waals surface area contributed by atoms with Gasteiger partial charge in [0, 0.05) is 0 Å². The molecular weight excluding hydrogens is 256 g/mol. The lowest BCUT2D eigenvalue weighted by molar-refractivity contribution is -0.145. The summed E-state index contributed by atoms with van der Waals surface area (Å²) in [4.78, 5) is 11.8. The molecule has 2 rings (SSSR count). The Morgan fingerprint density at radius 3 is 2.55 bits per heavy atom. The maximum Gasteiger partial charge on any atom is 0.315 e. The fourth-order valence-corrected chi connectivity index (χ4v) is 2.14. The summed E-state index contributed by atoms with van der Waals surface area (Å²) in [6, 6.07) is 11.4. The van der Waals surface area contributed by atoms with Crippen LogP contribution in [0.2, 0.25) is 0 Å². The van der Waals surface area contributed by atoms with E-state index in [2.05, 4.69) is 0 Å². The number of hydrogen-bond donors (Lipinski definition) is 1. The third-order valence-electron chi connectivity index (χ3n) is 3.23. The molecule has 1 unspecified atom stereocenters. The summed E-state index contributed by atoms with van der Waals surface area (Å²) in [6.45, 7) is 1.79. The van der Waals surface area contributed by atoms with E-state index in [1.54, 1.807) is 14.0 Å². The second-order valence-electron chi connectivity index (χ2n) is 4.46. The molecule has 0 saturated heterocycles. The molecule has 0 heterocycles. The zero-order valence-electron chi connectivity index (χ0n) is 11.6. The Morgan fingerprint density at radius 2 is 1.90 bits per heavy atom. The van der Waals surface area contributed by atoms with Crippen LogP contribution in [0.3, 0.4) is 0 Å². The molecule has 0 radical (unpaired) electrons. The number of benzene rings is 2. The topological polar surface area (TPSA) is 55.8 Å². The molecule has 20 heavy (non-hydrogen) atoms. The summed E-state index contributed by atoms with van der Waals surface area (Å²) < 4.78 is 10.2. The highest BCUT2D eigenvalue weighted by molar-refractivity contribution is 5.87. The molecule has 1 N–H and O–H groups in total. The third-order valence-corrected chi connectivity index (χ3v) is 3.23. The monoisotopic (exact) mass is 274 g/mol. The molecule has 0 aliphatic carbocycles. The number of aliphatic hydroxyl groups excluding tert-OH is 1. The SMILES string of the molecule is CCOC(=O)C(CO)c1ccc2cc(OC)ccc2c1. The average Bonchev–Trinajstić information content (AvgIpc) is 2.47. The second kappa shape index (κ2) is 6.39. The molecule has 0 fully saturated rings. The number of fused-ring (bicyclic) bond motifs is 1. The first-order chi connectivity index (χ1) is 9.69. The summed E-state index contributed by atoms with van der Waals surface area (Å²) in [7, 11) is 1.62. The minimum absolute atomic E-state index is 0.263. The smallest absolute Gasteiger partial charge is 0.315 e. The molecule has 4 nitrogen and oxygen atoms in total. The van der Waals surface area contributed by atoms with Crippen LogP contribution in [0.15, 0.2) is 36.4 Å². The Morgan fingerprint density at radius 1 is 1.20 bits per heavy atom. The van der Waals surface area contributed by atoms with E-state index in [9.17, 15) is 9.90 Å². The Labute approximate surface area is 117 Å². The van der Waals surface area contributed by atoms with Gasteiger partial charge in [0.2, 0.25) is 0 Å². The summed E-state index contributed by atoms with van der Waals surface area (Å²) in [5.41, 5.74) is 0.753. The van der Waals surface area contributed by atoms with Crippen LogP contribution in [-0.4, -0.2) is 31.4 Å². The highest BCUT2D eigenvalue weighted by atomic mass is 16.5. The molecule has 0 saturated carbocycles. The van der Waals surface area contributed by atoms with Gasteiger partial charge in [-0.05, 0) is 35.4 Å². The molecule has 0 bridgehead atoms. The van der Waals surface area contributed by atoms with Crippen molar-refractivity contribution in [2.75, 3.05) is 20.3 Å². The minimum atomic E-state index is -0.638. The van der Waals surface area contributed by atoms with Crippen molar-refractivity contribution in [3.8, 4) is 5.75 Å². The molecule has 0 spiro atoms. The largest absolute Gasteiger partial charge is 0.497 e. The van der Waals surface area contributed by atoms with Crippen molar-refractivity contribution in [2.24, 2.45) is 0 Å². The third kappa shape index (κ3) is 2.91. The van der Waals surface area contributed by atoms with Crippen LogP contribution in [0.25, 0.3) is 10.8 Å². The Kier molecular flexibility index (Phi) is 4.58. The Balaban J connectivity index is 2.37. The van der Waals surface area contributed by atoms with Crippen LogP contribution in [0, 0.1) is 0 Å². The molecule has 106 valence electrons. The van der Waals surface area contributed by atoms with Crippen LogP contribution in [-0.2, 0) is 9.53 Å². The van der Waals surface area contributed by atoms with Gasteiger partial charge in [-0.2, -0.15) is 0 Å². The van der Waals surface area contributed by atoms with Crippen LogP contribution >= 0.6 is 0 Å². The fourth-order valence-electron chi connectivity index (χ4n) is 2.14. The van der Waals surface area contributed by atoms with Gasteiger partial charge in [-0.15, -0.1) is 0 Å². The van der Waals surface area contributed by atoms with Crippen molar-refractivity contribution in [3.63, 3.8) is 0 Å². The molecule has 2 aromatic rings. The quantitative estimate of drug-likeness (QED) is 0.851. The maximum absolute atomic E-state index is 11.8. The normalized spacial score (nSPS) is 12.2. The maximum atomic E-state index is 11.8. The van der Waals surface area contributed by atoms with Gasteiger partial charge in [0.05, 0.1) is 20.3 Å². The van der Waals surface area contributed by atoms with E-state index in [1.165, 1.54) is 0 Å². The van der Waals surface area contributed by atoms with Crippen LogP contribution in [0.5, 0.6) is 5.75 Å². The van der Waals surface area contributed by atoms with Gasteiger partial charge in [-0.3, -0.25) is 4.79 Å². The summed E-state index contributed by atoms with van der Waals surface area (Å²) in [5.74, 6) is -0.251. The number of ether oxygens (including phenoxy) is 2. The fraction of sp³-hybridized carbons (Fsp3) is 0.312. The number of carbonyl (C=O) groups is 1. The van der Waals surface area contributed by atoms with Gasteiger partial charge in [-0.1, -0.05) is 24.3 Å². The number of rotatable bonds is 5. The van der Waals surface area contributed by atoms with E-state index in [1.807, 2.05) is 36.4 Å². The Hall–Kier alpha value is -2.07. The summed E-state index contributed by atoms with van der Waals surface area (Å²) in [5, 5.41) is 11.4. The van der Waals surface area contributed by atoms with E-state index in [4.69, 9.17) is 9.47 Å². The number of methoxy groups -OCH3 is 1. The van der Waals surface area contributed by atoms with Crippen molar-refractivity contribution in [1.82, 2.24) is 0 Å². The predicted octanol–water partition coefficient (Wildman–Crippen LogP) is 2.49. The lowest BCUT2D eigenvalue weighted by Crippen LogP contribution is -2.19. The van der Waals surface area contributed by atoms with Crippen molar-refractivity contribution in [3.05, 3.63) is 42.0 Å². The zero-order valence-corrected chi connectivity index (χ0v) is 11.6. The van der Waals surface area contributed by atoms with Crippen molar-refractivity contribution >= 4 is 16.7 Å². The van der Waals surface area contributed by atoms with Gasteiger partial charge in [0.15, 0.2) is 0 Å². The van der Waals surface area contributed by atoms with Crippen LogP contribution in [0.1, 0.15) is 18.4 Å². The van der Waals surface area contributed by atoms with Gasteiger partial charge in [0.1, 0.15) is 11.7 Å². The highest BCUT2D eigenvalue weighted by Crippen LogP contribution is 2.25. The second-order valence-corrected chi connectivity index (χ2v) is 4.46. The van der Waals surface area contributed by atoms with Gasteiger partial charge in [0.25, 0.3) is 0 Å². The first-order valence-corrected chi connectivity index (χ1v) is 6.54. The van der Waals surface area contributed by atoms with Crippen LogP contribution < -0.4 is 4.74 Å². The standard InChI is InChI=1S/C16H18O4/c1-3-20-16(18)15(10-17)13-5-4-12-9-14(19-2)7-6-11(12)8-13/h4-9,15,17H,3,10H2,1-2H3. The molecule has 4 heteroatoms. The molecule has 0 amide bonds. The minimum Gasteiger partial charge on any atom is -0.497 e. The van der Waals surface area contributed by atoms with Gasteiger partial charge in [-0.25, -0.2) is 0 Å². The van der Waals surface area contributed by atoms with E-state index in [0.717, 1.165) is 22.1 Å². The number of esters is 1. The number of hydrogen-bond acceptors (Lipinski definition) is 4. The van der Waals surface area contributed by atoms with Crippen molar-refractivity contribution < 1.29 is 19.4 Å². The lowest BCUT2D eigenvalue weighted by Gasteiger charge is -2.14. The molecular formula is C16H18O4. The summed E-state index contributed by atoms with van der Waals surface area (Å²) in [6.07, 6.45) is 0. The summed E-state index contributed by atoms with van der Waals surface area (Å²) >= 11 is 0. The van der Waals surface area contributed by atoms with Crippen molar-refractivity contribution in [2.45, 2.75) is 12.8 Å². The van der Waals surface area contributed by atoms with E-state index < -0.39 is 11.9 Å². The number of aliphatic hydroxyl groups is 1. The van der Waals surface area contributed by atoms with E-state index >= 15 is 0 Å². The molecule has 0 aromatic heterocycles. The predicted molar refractivity (Wildman–Crippen MR) is 77.0 cm³/mol. The van der Waals surface area contributed by atoms with Gasteiger partial charge < -0.3 is 14.6 Å². The van der Waals surface area contributed by atoms with Crippen LogP contribution in [0.4, 0.5) is 0 Å². The van der Waals surface area contributed by atoms with Crippen molar-refractivity contribution in [1.29, 1.82) is 0 Å². The average molecular weight is 274 g/mol. The molecule has 1 atom stereocenters. The number of carbonyl (C=O) groups excluding carboxylic acids is 1. The highest BCUT2D eigenvalue weighted by Gasteiger charge is 2.21. The molecule has 2 aromatic carbocycles. The van der Waals surface area contributed by atoms with E-state index in [0.29, 0.717) is 6.61 Å². The Bertz CT molecular complexity index is 606.